The number of ether oxygens (including phenoxy) is 2. The maximum atomic E-state index is 13.6. The average Bonchev–Trinajstić information content (AvgIpc) is 2.91. The van der Waals surface area contributed by atoms with E-state index in [2.05, 4.69) is 35.7 Å². The van der Waals surface area contributed by atoms with E-state index in [1.807, 2.05) is 19.1 Å². The van der Waals surface area contributed by atoms with Gasteiger partial charge in [-0.3, -0.25) is 14.6 Å². The van der Waals surface area contributed by atoms with Gasteiger partial charge in [0.15, 0.2) is 5.60 Å². The van der Waals surface area contributed by atoms with Crippen molar-refractivity contribution in [1.29, 1.82) is 0 Å². The third-order valence-electron chi connectivity index (χ3n) is 7.00. The van der Waals surface area contributed by atoms with Crippen molar-refractivity contribution >= 4 is 46.0 Å². The smallest absolute Gasteiger partial charge is 0.257 e. The van der Waals surface area contributed by atoms with Crippen LogP contribution < -0.4 is 15.4 Å². The molecule has 12 heteroatoms. The Morgan fingerprint density at radius 2 is 2.16 bits per heavy atom. The normalized spacial score (nSPS) is 21.8. The number of amides is 2. The van der Waals surface area contributed by atoms with E-state index in [0.29, 0.717) is 54.3 Å². The van der Waals surface area contributed by atoms with E-state index < -0.39 is 5.60 Å². The lowest BCUT2D eigenvalue weighted by Crippen LogP contribution is -2.58. The number of rotatable bonds is 7. The first-order valence-corrected chi connectivity index (χ1v) is 13.1. The molecule has 2 atom stereocenters. The second-order valence-corrected chi connectivity index (χ2v) is 10.2. The highest BCUT2D eigenvalue weighted by Gasteiger charge is 2.47. The Morgan fingerprint density at radius 3 is 2.95 bits per heavy atom. The maximum Gasteiger partial charge on any atom is 0.257 e. The number of methoxy groups -OCH3 is 2. The quantitative estimate of drug-likeness (QED) is 0.476. The monoisotopic (exact) mass is 523 g/mol. The van der Waals surface area contributed by atoms with Crippen LogP contribution in [0.5, 0.6) is 5.88 Å². The molecule has 37 heavy (non-hydrogen) atoms. The number of aromatic nitrogens is 4. The zero-order chi connectivity index (χ0) is 26.0. The van der Waals surface area contributed by atoms with E-state index in [4.69, 9.17) is 9.47 Å². The van der Waals surface area contributed by atoms with Gasteiger partial charge in [0.25, 0.3) is 5.91 Å². The van der Waals surface area contributed by atoms with Crippen molar-refractivity contribution in [3.05, 3.63) is 36.2 Å². The van der Waals surface area contributed by atoms with E-state index >= 15 is 0 Å². The fraction of sp³-hybridized carbons (Fsp3) is 0.440. The largest absolute Gasteiger partial charge is 0.481 e. The van der Waals surface area contributed by atoms with Crippen molar-refractivity contribution in [3.63, 3.8) is 0 Å². The summed E-state index contributed by atoms with van der Waals surface area (Å²) in [4.78, 5) is 36.4. The van der Waals surface area contributed by atoms with Crippen LogP contribution in [0, 0.1) is 5.92 Å². The number of piperidine rings is 1. The molecule has 0 spiro atoms. The van der Waals surface area contributed by atoms with Crippen LogP contribution in [0.3, 0.4) is 0 Å². The number of nitrogens with one attached hydrogen (secondary N) is 2. The number of fused-ring (bicyclic) bond motifs is 2. The van der Waals surface area contributed by atoms with E-state index in [0.717, 1.165) is 23.0 Å². The van der Waals surface area contributed by atoms with Crippen LogP contribution in [0.1, 0.15) is 19.0 Å². The van der Waals surface area contributed by atoms with Gasteiger partial charge in [0.2, 0.25) is 11.8 Å². The van der Waals surface area contributed by atoms with Crippen LogP contribution in [-0.2, 0) is 20.7 Å². The van der Waals surface area contributed by atoms with Crippen LogP contribution >= 0.6 is 11.8 Å². The Morgan fingerprint density at radius 1 is 1.30 bits per heavy atom. The van der Waals surface area contributed by atoms with Gasteiger partial charge in [0, 0.05) is 51.3 Å². The summed E-state index contributed by atoms with van der Waals surface area (Å²) in [6.07, 6.45) is 2.88. The van der Waals surface area contributed by atoms with Crippen LogP contribution in [0.2, 0.25) is 0 Å². The van der Waals surface area contributed by atoms with Gasteiger partial charge in [0.1, 0.15) is 10.5 Å². The second kappa shape index (κ2) is 10.6. The topological polar surface area (TPSA) is 131 Å². The SMILES string of the molecule is COc1ccc2nccc(NC(=O)C3(OC)CCN(CCc4cc5c(nn4)SCC(=O)N5)CC3C)c2n1. The first-order valence-electron chi connectivity index (χ1n) is 12.1. The summed E-state index contributed by atoms with van der Waals surface area (Å²) in [7, 11) is 3.14. The Kier molecular flexibility index (Phi) is 7.22. The average molecular weight is 524 g/mol. The van der Waals surface area contributed by atoms with Crippen molar-refractivity contribution < 1.29 is 19.1 Å². The summed E-state index contributed by atoms with van der Waals surface area (Å²) in [5, 5.41) is 15.2. The van der Waals surface area contributed by atoms with E-state index in [1.165, 1.54) is 11.8 Å². The van der Waals surface area contributed by atoms with Crippen molar-refractivity contribution in [2.75, 3.05) is 50.2 Å². The summed E-state index contributed by atoms with van der Waals surface area (Å²) in [6, 6.07) is 7.18. The predicted molar refractivity (Wildman–Crippen MR) is 140 cm³/mol. The molecule has 194 valence electrons. The molecule has 2 unspecified atom stereocenters. The van der Waals surface area contributed by atoms with Crippen molar-refractivity contribution in [3.8, 4) is 5.88 Å². The Hall–Kier alpha value is -3.35. The van der Waals surface area contributed by atoms with Crippen LogP contribution in [0.25, 0.3) is 11.0 Å². The van der Waals surface area contributed by atoms with E-state index in [-0.39, 0.29) is 17.7 Å². The third kappa shape index (κ3) is 5.09. The molecule has 0 aliphatic carbocycles. The highest BCUT2D eigenvalue weighted by molar-refractivity contribution is 8.00. The number of nitrogens with zero attached hydrogens (tertiary/aromatic N) is 5. The summed E-state index contributed by atoms with van der Waals surface area (Å²) < 4.78 is 11.1. The van der Waals surface area contributed by atoms with Gasteiger partial charge in [0.05, 0.1) is 35.4 Å². The lowest BCUT2D eigenvalue weighted by molar-refractivity contribution is -0.152. The lowest BCUT2D eigenvalue weighted by Gasteiger charge is -2.44. The number of hydrogen-bond acceptors (Lipinski definition) is 10. The van der Waals surface area contributed by atoms with Gasteiger partial charge in [-0.1, -0.05) is 18.7 Å². The summed E-state index contributed by atoms with van der Waals surface area (Å²) in [5.41, 5.74) is 2.37. The van der Waals surface area contributed by atoms with Gasteiger partial charge in [-0.25, -0.2) is 4.98 Å². The fourth-order valence-corrected chi connectivity index (χ4v) is 5.62. The zero-order valence-electron chi connectivity index (χ0n) is 21.0. The number of carbonyl (C=O) groups excluding carboxylic acids is 2. The van der Waals surface area contributed by atoms with Gasteiger partial charge >= 0.3 is 0 Å². The number of thioether (sulfide) groups is 1. The highest BCUT2D eigenvalue weighted by atomic mass is 32.2. The summed E-state index contributed by atoms with van der Waals surface area (Å²) >= 11 is 1.40. The molecule has 11 nitrogen and oxygen atoms in total. The minimum absolute atomic E-state index is 0.0230. The molecule has 2 aliphatic rings. The van der Waals surface area contributed by atoms with Crippen LogP contribution in [0.4, 0.5) is 11.4 Å². The minimum atomic E-state index is -0.974. The first kappa shape index (κ1) is 25.3. The molecule has 0 radical (unpaired) electrons. The number of likely N-dealkylation sites (tertiary alicyclic amines) is 1. The second-order valence-electron chi connectivity index (χ2n) is 9.22. The molecule has 5 rings (SSSR count). The predicted octanol–water partition coefficient (Wildman–Crippen LogP) is 2.38. The van der Waals surface area contributed by atoms with Gasteiger partial charge in [-0.05, 0) is 24.6 Å². The Balaban J connectivity index is 1.25. The first-order chi connectivity index (χ1) is 17.9. The maximum absolute atomic E-state index is 13.6. The molecule has 3 aromatic heterocycles. The molecular formula is C25H29N7O4S. The molecule has 2 aliphatic heterocycles. The highest BCUT2D eigenvalue weighted by Crippen LogP contribution is 2.34. The zero-order valence-corrected chi connectivity index (χ0v) is 21.8. The molecule has 0 aromatic carbocycles. The van der Waals surface area contributed by atoms with Crippen molar-refractivity contribution in [1.82, 2.24) is 25.1 Å². The van der Waals surface area contributed by atoms with E-state index in [9.17, 15) is 9.59 Å². The molecule has 2 N–H and O–H groups in total. The molecule has 5 heterocycles. The van der Waals surface area contributed by atoms with Crippen LogP contribution in [0.15, 0.2) is 35.5 Å². The van der Waals surface area contributed by atoms with E-state index in [1.54, 1.807) is 32.5 Å². The molecular weight excluding hydrogens is 494 g/mol. The lowest BCUT2D eigenvalue weighted by atomic mass is 9.80. The molecule has 1 saturated heterocycles. The number of hydrogen-bond donors (Lipinski definition) is 2. The molecule has 0 saturated carbocycles. The van der Waals surface area contributed by atoms with Crippen LogP contribution in [-0.4, -0.2) is 82.1 Å². The van der Waals surface area contributed by atoms with Crippen molar-refractivity contribution in [2.24, 2.45) is 5.92 Å². The molecule has 0 bridgehead atoms. The third-order valence-corrected chi connectivity index (χ3v) is 7.98. The number of pyridine rings is 2. The molecule has 2 amide bonds. The number of anilines is 2. The molecule has 1 fully saturated rings. The van der Waals surface area contributed by atoms with Gasteiger partial charge in [-0.15, -0.1) is 5.10 Å². The van der Waals surface area contributed by atoms with Crippen molar-refractivity contribution in [2.45, 2.75) is 30.4 Å². The standard InChI is InChI=1S/C25H29N7O4S/c1-15-13-32(10-7-16-12-19-23(31-30-16)37-14-20(33)27-19)11-8-25(15,36-3)24(34)28-18-6-9-26-17-4-5-21(35-2)29-22(17)18/h4-6,9,12,15H,7-8,10-11,13-14H2,1-3H3,(H,27,33)(H,26,28,34). The minimum Gasteiger partial charge on any atom is -0.481 e. The Bertz CT molecular complexity index is 1340. The fourth-order valence-electron chi connectivity index (χ4n) is 4.91. The summed E-state index contributed by atoms with van der Waals surface area (Å²) in [5.74, 6) is 0.526. The molecule has 3 aromatic rings. The number of carbonyl (C=O) groups is 2. The Labute approximate surface area is 218 Å². The van der Waals surface area contributed by atoms with Gasteiger partial charge < -0.3 is 25.0 Å². The summed E-state index contributed by atoms with van der Waals surface area (Å²) in [6.45, 7) is 4.18. The van der Waals surface area contributed by atoms with Gasteiger partial charge in [-0.2, -0.15) is 5.10 Å².